The highest BCUT2D eigenvalue weighted by molar-refractivity contribution is 6.35. The highest BCUT2D eigenvalue weighted by Crippen LogP contribution is 2.27. The van der Waals surface area contributed by atoms with Crippen molar-refractivity contribution in [2.75, 3.05) is 0 Å². The maximum Gasteiger partial charge on any atom is 0.337 e. The Morgan fingerprint density at radius 3 is 2.28 bits per heavy atom. The van der Waals surface area contributed by atoms with E-state index in [1.54, 1.807) is 0 Å². The topological polar surface area (TPSA) is 50.2 Å². The molecule has 1 heterocycles. The lowest BCUT2D eigenvalue weighted by Crippen LogP contribution is -2.00. The van der Waals surface area contributed by atoms with Crippen LogP contribution in [0.5, 0.6) is 0 Å². The van der Waals surface area contributed by atoms with Crippen molar-refractivity contribution in [3.05, 3.63) is 51.9 Å². The maximum atomic E-state index is 13.7. The van der Waals surface area contributed by atoms with E-state index >= 15 is 0 Å². The van der Waals surface area contributed by atoms with Gasteiger partial charge in [-0.3, -0.25) is 4.98 Å². The number of carboxylic acids is 1. The van der Waals surface area contributed by atoms with Crippen molar-refractivity contribution in [2.24, 2.45) is 0 Å². The summed E-state index contributed by atoms with van der Waals surface area (Å²) in [4.78, 5) is 14.4. The molecular weight excluding hydrogens is 280 g/mol. The summed E-state index contributed by atoms with van der Waals surface area (Å²) >= 11 is 11.6. The van der Waals surface area contributed by atoms with Crippen molar-refractivity contribution in [2.45, 2.75) is 0 Å². The average Bonchev–Trinajstić information content (AvgIpc) is 2.27. The van der Waals surface area contributed by atoms with E-state index in [1.807, 2.05) is 0 Å². The van der Waals surface area contributed by atoms with Crippen molar-refractivity contribution in [3.63, 3.8) is 0 Å². The summed E-state index contributed by atoms with van der Waals surface area (Å²) in [6.07, 6.45) is 1.08. The summed E-state index contributed by atoms with van der Waals surface area (Å²) < 4.78 is 13.7. The standard InChI is InChI=1S/C12H6Cl2FNO2/c13-8-1-6(2-9(14)4-8)11-10(15)3-7(5-16-11)12(17)18/h1-5H,(H,17,18). The highest BCUT2D eigenvalue weighted by Gasteiger charge is 2.12. The van der Waals surface area contributed by atoms with Crippen molar-refractivity contribution in [1.82, 2.24) is 4.98 Å². The van der Waals surface area contributed by atoms with Crippen LogP contribution in [0.1, 0.15) is 10.4 Å². The predicted molar refractivity (Wildman–Crippen MR) is 66.6 cm³/mol. The van der Waals surface area contributed by atoms with Crippen LogP contribution in [-0.4, -0.2) is 16.1 Å². The SMILES string of the molecule is O=C(O)c1cnc(-c2cc(Cl)cc(Cl)c2)c(F)c1. The largest absolute Gasteiger partial charge is 0.478 e. The third kappa shape index (κ3) is 2.60. The molecule has 0 aliphatic carbocycles. The zero-order valence-electron chi connectivity index (χ0n) is 8.82. The summed E-state index contributed by atoms with van der Waals surface area (Å²) in [5.74, 6) is -1.98. The maximum absolute atomic E-state index is 13.7. The minimum absolute atomic E-state index is 0.00407. The van der Waals surface area contributed by atoms with Gasteiger partial charge in [-0.1, -0.05) is 23.2 Å². The van der Waals surface area contributed by atoms with Crippen LogP contribution in [0.4, 0.5) is 4.39 Å². The van der Waals surface area contributed by atoms with Crippen LogP contribution in [0.25, 0.3) is 11.3 Å². The van der Waals surface area contributed by atoms with Crippen LogP contribution < -0.4 is 0 Å². The zero-order chi connectivity index (χ0) is 13.3. The minimum atomic E-state index is -1.24. The first-order valence-corrected chi connectivity index (χ1v) is 5.58. The molecular formula is C12H6Cl2FNO2. The lowest BCUT2D eigenvalue weighted by atomic mass is 10.1. The van der Waals surface area contributed by atoms with Crippen molar-refractivity contribution < 1.29 is 14.3 Å². The van der Waals surface area contributed by atoms with Gasteiger partial charge in [0.2, 0.25) is 0 Å². The number of carbonyl (C=O) groups is 1. The first-order chi connectivity index (χ1) is 8.47. The lowest BCUT2D eigenvalue weighted by molar-refractivity contribution is 0.0696. The number of carboxylic acid groups (broad SMARTS) is 1. The molecule has 0 saturated heterocycles. The Labute approximate surface area is 112 Å². The van der Waals surface area contributed by atoms with E-state index in [9.17, 15) is 9.18 Å². The number of hydrogen-bond donors (Lipinski definition) is 1. The number of benzene rings is 1. The summed E-state index contributed by atoms with van der Waals surface area (Å²) in [6.45, 7) is 0. The fourth-order valence-corrected chi connectivity index (χ4v) is 1.98. The van der Waals surface area contributed by atoms with Gasteiger partial charge in [-0.15, -0.1) is 0 Å². The van der Waals surface area contributed by atoms with Crippen LogP contribution in [0.2, 0.25) is 10.0 Å². The molecule has 0 radical (unpaired) electrons. The first-order valence-electron chi connectivity index (χ1n) is 4.82. The molecule has 1 N–H and O–H groups in total. The number of rotatable bonds is 2. The first kappa shape index (κ1) is 12.8. The van der Waals surface area contributed by atoms with E-state index in [0.717, 1.165) is 12.3 Å². The van der Waals surface area contributed by atoms with Gasteiger partial charge in [-0.2, -0.15) is 0 Å². The fraction of sp³-hybridized carbons (Fsp3) is 0. The Bertz CT molecular complexity index is 611. The summed E-state index contributed by atoms with van der Waals surface area (Å²) in [7, 11) is 0. The van der Waals surface area contributed by atoms with Gasteiger partial charge in [-0.05, 0) is 24.3 Å². The molecule has 0 aliphatic heterocycles. The second-order valence-electron chi connectivity index (χ2n) is 3.52. The number of halogens is 3. The van der Waals surface area contributed by atoms with Crippen molar-refractivity contribution in [1.29, 1.82) is 0 Å². The second-order valence-corrected chi connectivity index (χ2v) is 4.39. The fourth-order valence-electron chi connectivity index (χ4n) is 1.46. The lowest BCUT2D eigenvalue weighted by Gasteiger charge is -2.05. The Kier molecular flexibility index (Phi) is 3.50. The quantitative estimate of drug-likeness (QED) is 0.911. The number of nitrogens with zero attached hydrogens (tertiary/aromatic N) is 1. The zero-order valence-corrected chi connectivity index (χ0v) is 10.3. The van der Waals surface area contributed by atoms with E-state index in [2.05, 4.69) is 4.98 Å². The molecule has 0 unspecified atom stereocenters. The van der Waals surface area contributed by atoms with Gasteiger partial charge in [0.05, 0.1) is 5.56 Å². The Morgan fingerprint density at radius 1 is 1.17 bits per heavy atom. The van der Waals surface area contributed by atoms with Gasteiger partial charge in [0.25, 0.3) is 0 Å². The Hall–Kier alpha value is -1.65. The smallest absolute Gasteiger partial charge is 0.337 e. The molecule has 0 atom stereocenters. The average molecular weight is 286 g/mol. The molecule has 0 amide bonds. The van der Waals surface area contributed by atoms with E-state index in [0.29, 0.717) is 15.6 Å². The van der Waals surface area contributed by atoms with E-state index in [-0.39, 0.29) is 11.3 Å². The van der Waals surface area contributed by atoms with Gasteiger partial charge < -0.3 is 5.11 Å². The second kappa shape index (κ2) is 4.92. The number of aromatic nitrogens is 1. The van der Waals surface area contributed by atoms with Gasteiger partial charge in [0, 0.05) is 21.8 Å². The normalized spacial score (nSPS) is 10.4. The molecule has 6 heteroatoms. The van der Waals surface area contributed by atoms with Crippen molar-refractivity contribution in [3.8, 4) is 11.3 Å². The molecule has 2 rings (SSSR count). The van der Waals surface area contributed by atoms with Crippen LogP contribution >= 0.6 is 23.2 Å². The van der Waals surface area contributed by atoms with Gasteiger partial charge in [0.15, 0.2) is 0 Å². The number of aromatic carboxylic acids is 1. The monoisotopic (exact) mass is 285 g/mol. The Balaban J connectivity index is 2.54. The molecule has 0 bridgehead atoms. The van der Waals surface area contributed by atoms with Gasteiger partial charge in [-0.25, -0.2) is 9.18 Å². The van der Waals surface area contributed by atoms with Crippen LogP contribution in [0.3, 0.4) is 0 Å². The van der Waals surface area contributed by atoms with Crippen molar-refractivity contribution >= 4 is 29.2 Å². The number of hydrogen-bond acceptors (Lipinski definition) is 2. The molecule has 1 aromatic heterocycles. The molecule has 1 aromatic carbocycles. The van der Waals surface area contributed by atoms with Crippen LogP contribution in [-0.2, 0) is 0 Å². The van der Waals surface area contributed by atoms with Crippen LogP contribution in [0, 0.1) is 5.82 Å². The molecule has 92 valence electrons. The molecule has 0 aliphatic rings. The molecule has 18 heavy (non-hydrogen) atoms. The van der Waals surface area contributed by atoms with Gasteiger partial charge >= 0.3 is 5.97 Å². The molecule has 2 aromatic rings. The third-order valence-corrected chi connectivity index (χ3v) is 2.66. The van der Waals surface area contributed by atoms with E-state index in [1.165, 1.54) is 18.2 Å². The Morgan fingerprint density at radius 2 is 1.78 bits per heavy atom. The third-order valence-electron chi connectivity index (χ3n) is 2.22. The summed E-state index contributed by atoms with van der Waals surface area (Å²) in [5.41, 5.74) is 0.177. The van der Waals surface area contributed by atoms with E-state index in [4.69, 9.17) is 28.3 Å². The number of pyridine rings is 1. The molecule has 3 nitrogen and oxygen atoms in total. The highest BCUT2D eigenvalue weighted by atomic mass is 35.5. The molecule has 0 saturated carbocycles. The minimum Gasteiger partial charge on any atom is -0.478 e. The summed E-state index contributed by atoms with van der Waals surface area (Å²) in [6, 6.07) is 5.41. The molecule has 0 spiro atoms. The van der Waals surface area contributed by atoms with Crippen LogP contribution in [0.15, 0.2) is 30.5 Å². The predicted octanol–water partition coefficient (Wildman–Crippen LogP) is 3.89. The molecule has 0 fully saturated rings. The van der Waals surface area contributed by atoms with E-state index < -0.39 is 11.8 Å². The van der Waals surface area contributed by atoms with Gasteiger partial charge in [0.1, 0.15) is 11.5 Å². The summed E-state index contributed by atoms with van der Waals surface area (Å²) in [5, 5.41) is 9.41.